The zero-order valence-electron chi connectivity index (χ0n) is 16.0. The molecule has 0 aromatic heterocycles. The molecule has 2 aliphatic rings. The van der Waals surface area contributed by atoms with Crippen molar-refractivity contribution in [3.63, 3.8) is 0 Å². The number of rotatable bonds is 7. The Bertz CT molecular complexity index is 694. The number of amides is 1. The fraction of sp³-hybridized carbons (Fsp3) is 0.650. The first-order valence-corrected chi connectivity index (χ1v) is 11.8. The van der Waals surface area contributed by atoms with Crippen molar-refractivity contribution < 1.29 is 18.1 Å². The van der Waals surface area contributed by atoms with Crippen molar-refractivity contribution in [1.82, 2.24) is 9.62 Å². The molecule has 7 heteroatoms. The maximum absolute atomic E-state index is 12.6. The molecule has 0 spiro atoms. The van der Waals surface area contributed by atoms with Gasteiger partial charge in [0.2, 0.25) is 10.0 Å². The molecule has 2 fully saturated rings. The van der Waals surface area contributed by atoms with Gasteiger partial charge in [-0.25, -0.2) is 8.42 Å². The normalized spacial score (nSPS) is 20.4. The van der Waals surface area contributed by atoms with Crippen LogP contribution in [0, 0.1) is 5.92 Å². The predicted molar refractivity (Wildman–Crippen MR) is 106 cm³/mol. The highest BCUT2D eigenvalue weighted by atomic mass is 32.2. The molecule has 1 heterocycles. The molecular formula is C20H32N3O3S+. The van der Waals surface area contributed by atoms with Crippen LogP contribution in [0.5, 0.6) is 0 Å². The van der Waals surface area contributed by atoms with Gasteiger partial charge in [-0.05, 0) is 24.3 Å². The number of quaternary nitrogens is 1. The summed E-state index contributed by atoms with van der Waals surface area (Å²) in [6.45, 7) is 3.58. The average molecular weight is 395 g/mol. The van der Waals surface area contributed by atoms with Gasteiger partial charge < -0.3 is 10.2 Å². The zero-order valence-corrected chi connectivity index (χ0v) is 16.8. The number of carbonyl (C=O) groups is 1. The second-order valence-electron chi connectivity index (χ2n) is 7.88. The van der Waals surface area contributed by atoms with Crippen LogP contribution in [0.1, 0.15) is 37.7 Å². The Balaban J connectivity index is 1.39. The lowest BCUT2D eigenvalue weighted by Gasteiger charge is -2.31. The number of nitrogens with one attached hydrogen (secondary N) is 2. The van der Waals surface area contributed by atoms with Gasteiger partial charge in [0.25, 0.3) is 5.91 Å². The summed E-state index contributed by atoms with van der Waals surface area (Å²) < 4.78 is 26.8. The lowest BCUT2D eigenvalue weighted by atomic mass is 9.89. The molecule has 0 unspecified atom stereocenters. The number of nitrogens with zero attached hydrogens (tertiary/aromatic N) is 1. The van der Waals surface area contributed by atoms with E-state index in [1.54, 1.807) is 4.31 Å². The fourth-order valence-corrected chi connectivity index (χ4v) is 5.61. The molecule has 1 saturated carbocycles. The summed E-state index contributed by atoms with van der Waals surface area (Å²) >= 11 is 0. The van der Waals surface area contributed by atoms with Gasteiger partial charge >= 0.3 is 0 Å². The molecule has 6 nitrogen and oxygen atoms in total. The Labute approximate surface area is 163 Å². The molecule has 0 atom stereocenters. The van der Waals surface area contributed by atoms with Crippen LogP contribution in [0.25, 0.3) is 0 Å². The maximum Gasteiger partial charge on any atom is 0.275 e. The van der Waals surface area contributed by atoms with Gasteiger partial charge in [-0.15, -0.1) is 0 Å². The summed E-state index contributed by atoms with van der Waals surface area (Å²) in [7, 11) is -3.29. The SMILES string of the molecule is O=C(C[NH+]1CCN(S(=O)(=O)Cc2ccccc2)CC1)NCC1CCCCC1. The molecule has 0 radical (unpaired) electrons. The van der Waals surface area contributed by atoms with Crippen LogP contribution in [-0.2, 0) is 20.6 Å². The summed E-state index contributed by atoms with van der Waals surface area (Å²) in [4.78, 5) is 13.4. The third kappa shape index (κ3) is 6.30. The number of piperazine rings is 1. The topological polar surface area (TPSA) is 70.9 Å². The van der Waals surface area contributed by atoms with Crippen molar-refractivity contribution in [3.8, 4) is 0 Å². The third-order valence-electron chi connectivity index (χ3n) is 5.74. The smallest absolute Gasteiger partial charge is 0.275 e. The number of carbonyl (C=O) groups excluding carboxylic acids is 1. The minimum absolute atomic E-state index is 0.0467. The quantitative estimate of drug-likeness (QED) is 0.704. The highest BCUT2D eigenvalue weighted by Gasteiger charge is 2.30. The second-order valence-corrected chi connectivity index (χ2v) is 9.84. The minimum Gasteiger partial charge on any atom is -0.351 e. The largest absolute Gasteiger partial charge is 0.351 e. The van der Waals surface area contributed by atoms with E-state index in [2.05, 4.69) is 5.32 Å². The van der Waals surface area contributed by atoms with Crippen LogP contribution in [0.3, 0.4) is 0 Å². The van der Waals surface area contributed by atoms with E-state index in [0.29, 0.717) is 38.6 Å². The van der Waals surface area contributed by atoms with E-state index in [1.807, 2.05) is 30.3 Å². The van der Waals surface area contributed by atoms with E-state index in [1.165, 1.54) is 37.0 Å². The van der Waals surface area contributed by atoms with Crippen LogP contribution in [0.15, 0.2) is 30.3 Å². The van der Waals surface area contributed by atoms with Crippen molar-refractivity contribution in [3.05, 3.63) is 35.9 Å². The molecule has 27 heavy (non-hydrogen) atoms. The van der Waals surface area contributed by atoms with Crippen LogP contribution in [0.2, 0.25) is 0 Å². The van der Waals surface area contributed by atoms with Gasteiger partial charge in [-0.2, -0.15) is 4.31 Å². The summed E-state index contributed by atoms with van der Waals surface area (Å²) in [5, 5.41) is 3.08. The molecule has 0 bridgehead atoms. The lowest BCUT2D eigenvalue weighted by Crippen LogP contribution is -3.15. The van der Waals surface area contributed by atoms with Gasteiger partial charge in [0.05, 0.1) is 31.9 Å². The molecular weight excluding hydrogens is 362 g/mol. The predicted octanol–water partition coefficient (Wildman–Crippen LogP) is 0.413. The number of sulfonamides is 1. The van der Waals surface area contributed by atoms with Crippen molar-refractivity contribution in [1.29, 1.82) is 0 Å². The first-order valence-electron chi connectivity index (χ1n) is 10.1. The summed E-state index contributed by atoms with van der Waals surface area (Å²) in [5.74, 6) is 0.777. The average Bonchev–Trinajstić information content (AvgIpc) is 2.68. The first kappa shape index (κ1) is 20.3. The van der Waals surface area contributed by atoms with Crippen molar-refractivity contribution >= 4 is 15.9 Å². The molecule has 3 rings (SSSR count). The fourth-order valence-electron chi connectivity index (χ4n) is 4.07. The van der Waals surface area contributed by atoms with Crippen LogP contribution in [-0.4, -0.2) is 57.9 Å². The molecule has 1 aromatic rings. The summed E-state index contributed by atoms with van der Waals surface area (Å²) in [6, 6.07) is 9.29. The van der Waals surface area contributed by atoms with Gasteiger partial charge in [0.15, 0.2) is 6.54 Å². The van der Waals surface area contributed by atoms with Crippen molar-refractivity contribution in [2.45, 2.75) is 37.9 Å². The zero-order chi connectivity index (χ0) is 19.1. The molecule has 1 amide bonds. The van der Waals surface area contributed by atoms with Gasteiger partial charge in [-0.3, -0.25) is 4.79 Å². The van der Waals surface area contributed by atoms with E-state index < -0.39 is 10.0 Å². The third-order valence-corrected chi connectivity index (χ3v) is 7.59. The summed E-state index contributed by atoms with van der Waals surface area (Å²) in [5.41, 5.74) is 0.814. The van der Waals surface area contributed by atoms with Gasteiger partial charge in [0.1, 0.15) is 0 Å². The standard InChI is InChI=1S/C20H31N3O3S/c24-20(21-15-18-7-3-1-4-8-18)16-22-11-13-23(14-12-22)27(25,26)17-19-9-5-2-6-10-19/h2,5-6,9-10,18H,1,3-4,7-8,11-17H2,(H,21,24)/p+1. The van der Waals surface area contributed by atoms with Gasteiger partial charge in [-0.1, -0.05) is 49.6 Å². The van der Waals surface area contributed by atoms with E-state index in [4.69, 9.17) is 0 Å². The van der Waals surface area contributed by atoms with Crippen molar-refractivity contribution in [2.24, 2.45) is 5.92 Å². The Kier molecular flexibility index (Phi) is 7.26. The van der Waals surface area contributed by atoms with E-state index in [9.17, 15) is 13.2 Å². The maximum atomic E-state index is 12.6. The minimum atomic E-state index is -3.29. The van der Waals surface area contributed by atoms with E-state index in [0.717, 1.165) is 12.1 Å². The van der Waals surface area contributed by atoms with Crippen LogP contribution in [0.4, 0.5) is 0 Å². The number of hydrogen-bond donors (Lipinski definition) is 2. The molecule has 2 N–H and O–H groups in total. The first-order chi connectivity index (χ1) is 13.0. The lowest BCUT2D eigenvalue weighted by molar-refractivity contribution is -0.895. The highest BCUT2D eigenvalue weighted by molar-refractivity contribution is 7.88. The number of hydrogen-bond acceptors (Lipinski definition) is 3. The van der Waals surface area contributed by atoms with Gasteiger partial charge in [0, 0.05) is 6.54 Å². The number of benzene rings is 1. The summed E-state index contributed by atoms with van der Waals surface area (Å²) in [6.07, 6.45) is 6.35. The Morgan fingerprint density at radius 3 is 2.41 bits per heavy atom. The second kappa shape index (κ2) is 9.66. The monoisotopic (exact) mass is 394 g/mol. The molecule has 1 saturated heterocycles. The molecule has 1 aliphatic heterocycles. The highest BCUT2D eigenvalue weighted by Crippen LogP contribution is 2.22. The van der Waals surface area contributed by atoms with Crippen LogP contribution >= 0.6 is 0 Å². The van der Waals surface area contributed by atoms with E-state index in [-0.39, 0.29) is 11.7 Å². The van der Waals surface area contributed by atoms with E-state index >= 15 is 0 Å². The van der Waals surface area contributed by atoms with Crippen molar-refractivity contribution in [2.75, 3.05) is 39.3 Å². The Hall–Kier alpha value is -1.44. The molecule has 1 aromatic carbocycles. The van der Waals surface area contributed by atoms with Crippen LogP contribution < -0.4 is 10.2 Å². The molecule has 1 aliphatic carbocycles. The Morgan fingerprint density at radius 2 is 1.74 bits per heavy atom. The Morgan fingerprint density at radius 1 is 1.07 bits per heavy atom. The molecule has 150 valence electrons.